The maximum atomic E-state index is 8.87. The van der Waals surface area contributed by atoms with Crippen molar-refractivity contribution in [3.05, 3.63) is 78.6 Å². The average Bonchev–Trinajstić information content (AvgIpc) is 2.56. The summed E-state index contributed by atoms with van der Waals surface area (Å²) < 4.78 is 0. The molecule has 0 bridgehead atoms. The fraction of sp³-hybridized carbons (Fsp3) is 0.0526. The van der Waals surface area contributed by atoms with Crippen LogP contribution in [0.1, 0.15) is 16.8 Å². The Bertz CT molecular complexity index is 877. The van der Waals surface area contributed by atoms with Gasteiger partial charge in [-0.25, -0.2) is 9.97 Å². The van der Waals surface area contributed by atoms with E-state index in [1.165, 1.54) is 0 Å². The van der Waals surface area contributed by atoms with Crippen LogP contribution in [0, 0.1) is 31.5 Å². The summed E-state index contributed by atoms with van der Waals surface area (Å²) >= 11 is 0. The van der Waals surface area contributed by atoms with Crippen LogP contribution >= 0.6 is 0 Å². The fourth-order valence-electron chi connectivity index (χ4n) is 2.36. The molecule has 3 rings (SSSR count). The minimum absolute atomic E-state index is 0.617. The molecule has 0 fully saturated rings. The van der Waals surface area contributed by atoms with Crippen molar-refractivity contribution in [3.8, 4) is 17.2 Å². The number of nitrogens with zero attached hydrogens (tertiary/aromatic N) is 3. The minimum Gasteiger partial charge on any atom is -0.340 e. The lowest BCUT2D eigenvalue weighted by molar-refractivity contribution is 1.09. The Morgan fingerprint density at radius 1 is 1.13 bits per heavy atom. The van der Waals surface area contributed by atoms with Gasteiger partial charge < -0.3 is 5.32 Å². The van der Waals surface area contributed by atoms with E-state index < -0.39 is 0 Å². The van der Waals surface area contributed by atoms with Crippen molar-refractivity contribution >= 4 is 11.5 Å². The summed E-state index contributed by atoms with van der Waals surface area (Å²) in [4.78, 5) is 8.43. The number of nitrogens with one attached hydrogen (secondary N) is 1. The zero-order valence-electron chi connectivity index (χ0n) is 12.7. The van der Waals surface area contributed by atoms with Crippen LogP contribution in [0.5, 0.6) is 0 Å². The summed E-state index contributed by atoms with van der Waals surface area (Å²) in [6.45, 7) is 5.89. The summed E-state index contributed by atoms with van der Waals surface area (Å²) in [5, 5.41) is 12.1. The van der Waals surface area contributed by atoms with E-state index in [0.29, 0.717) is 11.4 Å². The number of hydrogen-bond acceptors (Lipinski definition) is 4. The van der Waals surface area contributed by atoms with Gasteiger partial charge in [0.25, 0.3) is 0 Å². The van der Waals surface area contributed by atoms with E-state index in [-0.39, 0.29) is 0 Å². The molecule has 0 saturated carbocycles. The van der Waals surface area contributed by atoms with Gasteiger partial charge in [-0.05, 0) is 49.2 Å². The normalized spacial score (nSPS) is 10.1. The van der Waals surface area contributed by atoms with E-state index in [2.05, 4.69) is 34.6 Å². The van der Waals surface area contributed by atoms with Crippen molar-refractivity contribution in [3.63, 3.8) is 0 Å². The Morgan fingerprint density at radius 3 is 2.61 bits per heavy atom. The van der Waals surface area contributed by atoms with Crippen LogP contribution in [0.3, 0.4) is 0 Å². The molecular formula is C19H14N4. The predicted octanol–water partition coefficient (Wildman–Crippen LogP) is 4.05. The summed E-state index contributed by atoms with van der Waals surface area (Å²) in [6.07, 6.45) is 2.67. The zero-order chi connectivity index (χ0) is 16.2. The van der Waals surface area contributed by atoms with E-state index in [1.807, 2.05) is 43.3 Å². The van der Waals surface area contributed by atoms with Crippen molar-refractivity contribution in [2.45, 2.75) is 6.92 Å². The zero-order valence-corrected chi connectivity index (χ0v) is 12.7. The average molecular weight is 298 g/mol. The highest BCUT2D eigenvalue weighted by molar-refractivity contribution is 5.80. The molecule has 0 amide bonds. The predicted molar refractivity (Wildman–Crippen MR) is 89.9 cm³/mol. The highest BCUT2D eigenvalue weighted by atomic mass is 15.0. The molecule has 1 heterocycles. The quantitative estimate of drug-likeness (QED) is 0.792. The first kappa shape index (κ1) is 14.7. The largest absolute Gasteiger partial charge is 0.340 e. The van der Waals surface area contributed by atoms with Crippen LogP contribution in [0.2, 0.25) is 0 Å². The Hall–Kier alpha value is -3.19. The van der Waals surface area contributed by atoms with Crippen LogP contribution in [0.4, 0.5) is 11.5 Å². The molecule has 4 nitrogen and oxygen atoms in total. The number of aromatic nitrogens is 2. The van der Waals surface area contributed by atoms with Gasteiger partial charge in [0.15, 0.2) is 6.33 Å². The molecule has 4 heteroatoms. The monoisotopic (exact) mass is 298 g/mol. The smallest absolute Gasteiger partial charge is 0.200 e. The first-order valence-corrected chi connectivity index (χ1v) is 7.11. The maximum Gasteiger partial charge on any atom is 0.200 e. The Morgan fingerprint density at radius 2 is 1.91 bits per heavy atom. The molecule has 0 unspecified atom stereocenters. The van der Waals surface area contributed by atoms with Crippen LogP contribution < -0.4 is 5.32 Å². The van der Waals surface area contributed by atoms with Gasteiger partial charge in [0.05, 0.1) is 17.3 Å². The summed E-state index contributed by atoms with van der Waals surface area (Å²) in [6, 6.07) is 17.2. The van der Waals surface area contributed by atoms with Crippen molar-refractivity contribution in [1.29, 1.82) is 5.26 Å². The topological polar surface area (TPSA) is 61.6 Å². The minimum atomic E-state index is 0.617. The van der Waals surface area contributed by atoms with Gasteiger partial charge in [-0.15, -0.1) is 0 Å². The molecule has 1 aromatic heterocycles. The third-order valence-electron chi connectivity index (χ3n) is 3.47. The van der Waals surface area contributed by atoms with Gasteiger partial charge >= 0.3 is 0 Å². The summed E-state index contributed by atoms with van der Waals surface area (Å²) in [5.41, 5.74) is 5.15. The van der Waals surface area contributed by atoms with Gasteiger partial charge in [-0.2, -0.15) is 5.26 Å². The number of hydrogen-bond donors (Lipinski definition) is 1. The maximum absolute atomic E-state index is 8.87. The number of anilines is 2. The first-order chi connectivity index (χ1) is 11.2. The molecule has 1 N–H and O–H groups in total. The third kappa shape index (κ3) is 3.19. The Labute approximate surface area is 135 Å². The van der Waals surface area contributed by atoms with E-state index in [0.717, 1.165) is 28.1 Å². The van der Waals surface area contributed by atoms with Gasteiger partial charge in [0.1, 0.15) is 5.82 Å². The lowest BCUT2D eigenvalue weighted by Gasteiger charge is -2.13. The van der Waals surface area contributed by atoms with Crippen molar-refractivity contribution in [1.82, 2.24) is 9.97 Å². The molecule has 0 aliphatic carbocycles. The Balaban J connectivity index is 2.02. The van der Waals surface area contributed by atoms with E-state index in [4.69, 9.17) is 5.26 Å². The second-order valence-corrected chi connectivity index (χ2v) is 5.15. The molecule has 3 aromatic rings. The van der Waals surface area contributed by atoms with Crippen LogP contribution in [-0.4, -0.2) is 9.97 Å². The van der Waals surface area contributed by atoms with Crippen LogP contribution in [0.15, 0.2) is 48.5 Å². The standard InChI is InChI=1S/C19H14N4/c1-13-4-3-5-16(10-13)18-14(2)21-12-22-19(18)23-17-8-6-15(11-20)7-9-17/h3-10H,1H2,2H3,(H,21,22,23). The van der Waals surface area contributed by atoms with Gasteiger partial charge in [0, 0.05) is 11.3 Å². The third-order valence-corrected chi connectivity index (χ3v) is 3.47. The molecule has 0 spiro atoms. The number of aryl methyl sites for hydroxylation is 1. The van der Waals surface area contributed by atoms with E-state index in [1.54, 1.807) is 12.1 Å². The second-order valence-electron chi connectivity index (χ2n) is 5.15. The SMILES string of the molecule is [CH2]c1cccc(-c2c(C)n[c]nc2Nc2ccc(C#N)cc2)c1. The molecule has 0 atom stereocenters. The van der Waals surface area contributed by atoms with Crippen molar-refractivity contribution in [2.24, 2.45) is 0 Å². The van der Waals surface area contributed by atoms with Crippen molar-refractivity contribution < 1.29 is 0 Å². The molecule has 0 aliphatic rings. The molecule has 2 aromatic carbocycles. The van der Waals surface area contributed by atoms with Gasteiger partial charge in [-0.1, -0.05) is 24.3 Å². The van der Waals surface area contributed by atoms with E-state index >= 15 is 0 Å². The highest BCUT2D eigenvalue weighted by Gasteiger charge is 2.11. The Kier molecular flexibility index (Phi) is 4.03. The lowest BCUT2D eigenvalue weighted by atomic mass is 10.0. The molecule has 0 aliphatic heterocycles. The highest BCUT2D eigenvalue weighted by Crippen LogP contribution is 2.30. The van der Waals surface area contributed by atoms with E-state index in [9.17, 15) is 0 Å². The molecular weight excluding hydrogens is 284 g/mol. The fourth-order valence-corrected chi connectivity index (χ4v) is 2.36. The number of benzene rings is 2. The second kappa shape index (κ2) is 6.29. The summed E-state index contributed by atoms with van der Waals surface area (Å²) in [5.74, 6) is 0.674. The van der Waals surface area contributed by atoms with Crippen LogP contribution in [0.25, 0.3) is 11.1 Å². The molecule has 0 saturated heterocycles. The first-order valence-electron chi connectivity index (χ1n) is 7.11. The molecule has 110 valence electrons. The number of nitriles is 1. The number of rotatable bonds is 3. The summed E-state index contributed by atoms with van der Waals surface area (Å²) in [7, 11) is 0. The van der Waals surface area contributed by atoms with Crippen LogP contribution in [-0.2, 0) is 0 Å². The molecule has 2 radical (unpaired) electrons. The molecule has 23 heavy (non-hydrogen) atoms. The van der Waals surface area contributed by atoms with Gasteiger partial charge in [-0.3, -0.25) is 0 Å². The van der Waals surface area contributed by atoms with Gasteiger partial charge in [0.2, 0.25) is 0 Å². The van der Waals surface area contributed by atoms with Crippen molar-refractivity contribution in [2.75, 3.05) is 5.32 Å². The lowest BCUT2D eigenvalue weighted by Crippen LogP contribution is -2.00.